The summed E-state index contributed by atoms with van der Waals surface area (Å²) in [5, 5.41) is 20.7. The van der Waals surface area contributed by atoms with Gasteiger partial charge in [-0.15, -0.1) is 0 Å². The van der Waals surface area contributed by atoms with Crippen LogP contribution in [0.3, 0.4) is 0 Å². The first-order valence-corrected chi connectivity index (χ1v) is 8.52. The number of rotatable bonds is 6. The highest BCUT2D eigenvalue weighted by Crippen LogP contribution is 2.36. The van der Waals surface area contributed by atoms with Crippen LogP contribution in [-0.2, 0) is 0 Å². The molecule has 0 bridgehead atoms. The third-order valence-corrected chi connectivity index (χ3v) is 4.26. The van der Waals surface area contributed by atoms with Crippen LogP contribution in [0.4, 0.5) is 5.69 Å². The molecule has 1 aromatic carbocycles. The van der Waals surface area contributed by atoms with Crippen LogP contribution in [0.15, 0.2) is 90.3 Å². The SMILES string of the molecule is C=CC1=C(C=C)N(CC)C(/C=C/C)=CC/1=C(/C#N)c1ccc([N+](=O)[O-])cc1. The minimum Gasteiger partial charge on any atom is -0.341 e. The van der Waals surface area contributed by atoms with Crippen molar-refractivity contribution in [2.45, 2.75) is 13.8 Å². The van der Waals surface area contributed by atoms with Crippen molar-refractivity contribution in [3.05, 3.63) is 106 Å². The first-order valence-electron chi connectivity index (χ1n) is 8.52. The summed E-state index contributed by atoms with van der Waals surface area (Å²) in [6, 6.07) is 8.23. The summed E-state index contributed by atoms with van der Waals surface area (Å²) < 4.78 is 0. The molecule has 0 aliphatic carbocycles. The number of hydrogen-bond donors (Lipinski definition) is 0. The molecule has 0 saturated carbocycles. The first kappa shape index (κ1) is 19.7. The third kappa shape index (κ3) is 3.80. The van der Waals surface area contributed by atoms with Gasteiger partial charge in [-0.25, -0.2) is 0 Å². The van der Waals surface area contributed by atoms with Crippen LogP contribution in [0.5, 0.6) is 0 Å². The molecule has 0 unspecified atom stereocenters. The molecular weight excluding hydrogens is 338 g/mol. The summed E-state index contributed by atoms with van der Waals surface area (Å²) in [5.74, 6) is 0. The summed E-state index contributed by atoms with van der Waals surface area (Å²) in [5.41, 5.74) is 4.35. The molecular formula is C22H21N3O2. The minimum absolute atomic E-state index is 0.0155. The monoisotopic (exact) mass is 359 g/mol. The number of non-ortho nitro benzene ring substituents is 1. The summed E-state index contributed by atoms with van der Waals surface area (Å²) in [7, 11) is 0. The Morgan fingerprint density at radius 2 is 1.96 bits per heavy atom. The van der Waals surface area contributed by atoms with Crippen LogP contribution < -0.4 is 0 Å². The van der Waals surface area contributed by atoms with Crippen LogP contribution in [0.1, 0.15) is 19.4 Å². The van der Waals surface area contributed by atoms with Crippen LogP contribution >= 0.6 is 0 Å². The summed E-state index contributed by atoms with van der Waals surface area (Å²) in [4.78, 5) is 12.5. The maximum Gasteiger partial charge on any atom is 0.269 e. The maximum atomic E-state index is 10.9. The zero-order valence-electron chi connectivity index (χ0n) is 15.5. The lowest BCUT2D eigenvalue weighted by molar-refractivity contribution is -0.384. The van der Waals surface area contributed by atoms with Gasteiger partial charge >= 0.3 is 0 Å². The van der Waals surface area contributed by atoms with Gasteiger partial charge in [0.2, 0.25) is 0 Å². The molecule has 2 rings (SSSR count). The number of nitro groups is 1. The number of hydrogen-bond acceptors (Lipinski definition) is 4. The Morgan fingerprint density at radius 1 is 1.30 bits per heavy atom. The lowest BCUT2D eigenvalue weighted by Crippen LogP contribution is -2.25. The highest BCUT2D eigenvalue weighted by atomic mass is 16.6. The Kier molecular flexibility index (Phi) is 6.29. The highest BCUT2D eigenvalue weighted by molar-refractivity contribution is 5.86. The van der Waals surface area contributed by atoms with Gasteiger partial charge in [0.15, 0.2) is 0 Å². The van der Waals surface area contributed by atoms with Crippen molar-refractivity contribution >= 4 is 11.3 Å². The van der Waals surface area contributed by atoms with E-state index in [0.29, 0.717) is 16.7 Å². The second-order valence-electron chi connectivity index (χ2n) is 5.73. The van der Waals surface area contributed by atoms with Crippen LogP contribution in [-0.4, -0.2) is 16.4 Å². The van der Waals surface area contributed by atoms with E-state index in [0.717, 1.165) is 23.5 Å². The Bertz CT molecular complexity index is 939. The zero-order valence-corrected chi connectivity index (χ0v) is 15.5. The van der Waals surface area contributed by atoms with Crippen molar-refractivity contribution in [2.75, 3.05) is 6.54 Å². The Hall–Kier alpha value is -3.65. The molecule has 0 aromatic heterocycles. The molecule has 1 aromatic rings. The van der Waals surface area contributed by atoms with Crippen molar-refractivity contribution in [1.29, 1.82) is 5.26 Å². The van der Waals surface area contributed by atoms with E-state index in [1.165, 1.54) is 12.1 Å². The predicted octanol–water partition coefficient (Wildman–Crippen LogP) is 5.29. The number of likely N-dealkylation sites (N-methyl/N-ethyl adjacent to an activating group) is 1. The number of benzene rings is 1. The van der Waals surface area contributed by atoms with Crippen LogP contribution in [0.25, 0.3) is 5.57 Å². The molecule has 0 radical (unpaired) electrons. The molecule has 1 aliphatic rings. The predicted molar refractivity (Wildman–Crippen MR) is 108 cm³/mol. The average molecular weight is 359 g/mol. The largest absolute Gasteiger partial charge is 0.341 e. The molecule has 5 nitrogen and oxygen atoms in total. The lowest BCUT2D eigenvalue weighted by Gasteiger charge is -2.32. The van der Waals surface area contributed by atoms with Gasteiger partial charge < -0.3 is 4.90 Å². The Balaban J connectivity index is 2.78. The lowest BCUT2D eigenvalue weighted by atomic mass is 9.90. The average Bonchev–Trinajstić information content (AvgIpc) is 2.68. The quantitative estimate of drug-likeness (QED) is 0.393. The van der Waals surface area contributed by atoms with E-state index in [9.17, 15) is 15.4 Å². The minimum atomic E-state index is -0.461. The summed E-state index contributed by atoms with van der Waals surface area (Å²) in [6.07, 6.45) is 9.30. The Morgan fingerprint density at radius 3 is 2.41 bits per heavy atom. The number of nitriles is 1. The number of nitro benzene ring substituents is 1. The molecule has 0 atom stereocenters. The van der Waals surface area contributed by atoms with Crippen LogP contribution in [0.2, 0.25) is 0 Å². The molecule has 0 N–H and O–H groups in total. The molecule has 0 amide bonds. The van der Waals surface area contributed by atoms with Crippen molar-refractivity contribution in [2.24, 2.45) is 0 Å². The van der Waals surface area contributed by atoms with Gasteiger partial charge in [-0.2, -0.15) is 5.26 Å². The van der Waals surface area contributed by atoms with E-state index in [-0.39, 0.29) is 5.69 Å². The fraction of sp³-hybridized carbons (Fsp3) is 0.136. The second-order valence-corrected chi connectivity index (χ2v) is 5.73. The number of allylic oxidation sites excluding steroid dienone is 8. The molecule has 1 aliphatic heterocycles. The molecule has 27 heavy (non-hydrogen) atoms. The van der Waals surface area contributed by atoms with Gasteiger partial charge in [0, 0.05) is 41.2 Å². The normalized spacial score (nSPS) is 16.0. The van der Waals surface area contributed by atoms with Crippen molar-refractivity contribution in [1.82, 2.24) is 4.90 Å². The topological polar surface area (TPSA) is 70.2 Å². The van der Waals surface area contributed by atoms with E-state index in [4.69, 9.17) is 0 Å². The molecule has 0 spiro atoms. The maximum absolute atomic E-state index is 10.9. The molecule has 136 valence electrons. The van der Waals surface area contributed by atoms with Gasteiger partial charge in [-0.05, 0) is 49.8 Å². The molecule has 5 heteroatoms. The van der Waals surface area contributed by atoms with Gasteiger partial charge in [-0.1, -0.05) is 25.3 Å². The van der Waals surface area contributed by atoms with Crippen molar-refractivity contribution < 1.29 is 4.92 Å². The molecule has 0 saturated heterocycles. The third-order valence-electron chi connectivity index (χ3n) is 4.26. The summed E-state index contributed by atoms with van der Waals surface area (Å²) in [6.45, 7) is 12.5. The number of nitrogens with zero attached hydrogens (tertiary/aromatic N) is 3. The standard InChI is InChI=1S/C22H21N3O2/c1-5-9-18-14-20(19(6-2)22(7-3)24(18)8-4)21(15-23)16-10-12-17(13-11-16)25(26)27/h5-7,9-14H,2-3,8H2,1,4H3/b9-5+,21-20+. The fourth-order valence-corrected chi connectivity index (χ4v) is 3.06. The van der Waals surface area contributed by atoms with E-state index in [1.807, 2.05) is 32.1 Å². The van der Waals surface area contributed by atoms with Gasteiger partial charge in [0.1, 0.15) is 6.07 Å². The zero-order chi connectivity index (χ0) is 20.0. The Labute approximate surface area is 159 Å². The van der Waals surface area contributed by atoms with Gasteiger partial charge in [-0.3, -0.25) is 10.1 Å². The second kappa shape index (κ2) is 8.63. The van der Waals surface area contributed by atoms with E-state index in [2.05, 4.69) is 24.1 Å². The van der Waals surface area contributed by atoms with Gasteiger partial charge in [0.05, 0.1) is 10.5 Å². The van der Waals surface area contributed by atoms with Crippen LogP contribution in [0, 0.1) is 21.4 Å². The highest BCUT2D eigenvalue weighted by Gasteiger charge is 2.23. The van der Waals surface area contributed by atoms with Crippen molar-refractivity contribution in [3.8, 4) is 6.07 Å². The van der Waals surface area contributed by atoms with E-state index >= 15 is 0 Å². The molecule has 1 heterocycles. The summed E-state index contributed by atoms with van der Waals surface area (Å²) >= 11 is 0. The first-order chi connectivity index (χ1) is 13.0. The van der Waals surface area contributed by atoms with E-state index < -0.39 is 4.92 Å². The smallest absolute Gasteiger partial charge is 0.269 e. The van der Waals surface area contributed by atoms with Gasteiger partial charge in [0.25, 0.3) is 5.69 Å². The van der Waals surface area contributed by atoms with Crippen molar-refractivity contribution in [3.63, 3.8) is 0 Å². The molecule has 0 fully saturated rings. The fourth-order valence-electron chi connectivity index (χ4n) is 3.06. The van der Waals surface area contributed by atoms with E-state index in [1.54, 1.807) is 24.3 Å².